The zero-order chi connectivity index (χ0) is 8.27. The van der Waals surface area contributed by atoms with Crippen molar-refractivity contribution in [2.75, 3.05) is 7.05 Å². The summed E-state index contributed by atoms with van der Waals surface area (Å²) in [6.45, 7) is 0. The van der Waals surface area contributed by atoms with Crippen molar-refractivity contribution >= 4 is 11.6 Å². The first kappa shape index (κ1) is 8.19. The van der Waals surface area contributed by atoms with E-state index >= 15 is 0 Å². The van der Waals surface area contributed by atoms with Gasteiger partial charge in [0.05, 0.1) is 12.3 Å². The van der Waals surface area contributed by atoms with E-state index in [1.54, 1.807) is 13.1 Å². The van der Waals surface area contributed by atoms with Crippen molar-refractivity contribution in [2.45, 2.75) is 6.04 Å². The molecule has 0 aliphatic carbocycles. The summed E-state index contributed by atoms with van der Waals surface area (Å²) >= 11 is 5.69. The second-order valence-electron chi connectivity index (χ2n) is 2.04. The quantitative estimate of drug-likeness (QED) is 0.684. The first-order chi connectivity index (χ1) is 5.29. The van der Waals surface area contributed by atoms with Gasteiger partial charge in [-0.25, -0.2) is 0 Å². The van der Waals surface area contributed by atoms with Gasteiger partial charge in [-0.05, 0) is 24.7 Å². The molecule has 3 heteroatoms. The second kappa shape index (κ2) is 3.47. The van der Waals surface area contributed by atoms with Gasteiger partial charge in [-0.3, -0.25) is 0 Å². The molecule has 0 fully saturated rings. The molecule has 0 aliphatic rings. The van der Waals surface area contributed by atoms with Crippen LogP contribution in [0.4, 0.5) is 0 Å². The van der Waals surface area contributed by atoms with Gasteiger partial charge in [-0.15, -0.1) is 6.42 Å². The predicted molar refractivity (Wildman–Crippen MR) is 44.4 cm³/mol. The van der Waals surface area contributed by atoms with Gasteiger partial charge in [0.25, 0.3) is 0 Å². The van der Waals surface area contributed by atoms with Crippen molar-refractivity contribution in [2.24, 2.45) is 0 Å². The van der Waals surface area contributed by atoms with Crippen LogP contribution in [0.25, 0.3) is 0 Å². The summed E-state index contributed by atoms with van der Waals surface area (Å²) in [7, 11) is 1.77. The van der Waals surface area contributed by atoms with Gasteiger partial charge >= 0.3 is 0 Å². The molecule has 1 N–H and O–H groups in total. The smallest absolute Gasteiger partial charge is 0.198 e. The average Bonchev–Trinajstić information content (AvgIpc) is 2.40. The molecule has 1 heterocycles. The highest BCUT2D eigenvalue weighted by Crippen LogP contribution is 2.22. The third kappa shape index (κ3) is 1.56. The monoisotopic (exact) mass is 169 g/mol. The van der Waals surface area contributed by atoms with Gasteiger partial charge in [0, 0.05) is 5.56 Å². The molecule has 1 rings (SSSR count). The number of nitrogens with one attached hydrogen (secondary N) is 1. The lowest BCUT2D eigenvalue weighted by atomic mass is 10.2. The van der Waals surface area contributed by atoms with E-state index in [-0.39, 0.29) is 6.04 Å². The van der Waals surface area contributed by atoms with Crippen LogP contribution in [0, 0.1) is 12.3 Å². The van der Waals surface area contributed by atoms with E-state index < -0.39 is 0 Å². The highest BCUT2D eigenvalue weighted by atomic mass is 35.5. The standard InChI is InChI=1S/C8H8ClNO/c1-3-7(10-2)6-4-5-11-8(6)9/h1,4-5,7,10H,2H3. The van der Waals surface area contributed by atoms with Gasteiger partial charge in [0.15, 0.2) is 5.22 Å². The fourth-order valence-electron chi connectivity index (χ4n) is 0.839. The van der Waals surface area contributed by atoms with Gasteiger partial charge in [-0.2, -0.15) is 0 Å². The van der Waals surface area contributed by atoms with E-state index in [0.29, 0.717) is 5.22 Å². The van der Waals surface area contributed by atoms with E-state index in [0.717, 1.165) is 5.56 Å². The Bertz CT molecular complexity index is 274. The van der Waals surface area contributed by atoms with E-state index in [4.69, 9.17) is 22.4 Å². The Morgan fingerprint density at radius 2 is 2.55 bits per heavy atom. The van der Waals surface area contributed by atoms with Gasteiger partial charge in [-0.1, -0.05) is 5.92 Å². The number of furan rings is 1. The third-order valence-corrected chi connectivity index (χ3v) is 1.72. The molecule has 0 radical (unpaired) electrons. The Morgan fingerprint density at radius 3 is 2.91 bits per heavy atom. The molecule has 11 heavy (non-hydrogen) atoms. The molecule has 0 saturated carbocycles. The Hall–Kier alpha value is -0.910. The number of hydrogen-bond acceptors (Lipinski definition) is 2. The van der Waals surface area contributed by atoms with Crippen LogP contribution in [-0.2, 0) is 0 Å². The minimum atomic E-state index is -0.166. The van der Waals surface area contributed by atoms with E-state index in [1.165, 1.54) is 6.26 Å². The normalized spacial score (nSPS) is 12.5. The number of rotatable bonds is 2. The zero-order valence-corrected chi connectivity index (χ0v) is 6.85. The fraction of sp³-hybridized carbons (Fsp3) is 0.250. The summed E-state index contributed by atoms with van der Waals surface area (Å²) in [4.78, 5) is 0. The van der Waals surface area contributed by atoms with Crippen LogP contribution in [0.1, 0.15) is 11.6 Å². The molecule has 1 aromatic rings. The largest absolute Gasteiger partial charge is 0.453 e. The van der Waals surface area contributed by atoms with Crippen molar-refractivity contribution in [3.05, 3.63) is 23.1 Å². The van der Waals surface area contributed by atoms with Crippen LogP contribution in [0.3, 0.4) is 0 Å². The minimum absolute atomic E-state index is 0.166. The highest BCUT2D eigenvalue weighted by Gasteiger charge is 2.11. The highest BCUT2D eigenvalue weighted by molar-refractivity contribution is 6.29. The van der Waals surface area contributed by atoms with Gasteiger partial charge in [0.1, 0.15) is 0 Å². The van der Waals surface area contributed by atoms with Crippen LogP contribution in [0.15, 0.2) is 16.7 Å². The topological polar surface area (TPSA) is 25.2 Å². The SMILES string of the molecule is C#CC(NC)c1ccoc1Cl. The predicted octanol–water partition coefficient (Wildman–Crippen LogP) is 1.83. The van der Waals surface area contributed by atoms with Crippen molar-refractivity contribution in [3.8, 4) is 12.3 Å². The van der Waals surface area contributed by atoms with Crippen molar-refractivity contribution in [1.29, 1.82) is 0 Å². The van der Waals surface area contributed by atoms with Crippen molar-refractivity contribution < 1.29 is 4.42 Å². The fourth-order valence-corrected chi connectivity index (χ4v) is 1.06. The Balaban J connectivity index is 2.92. The van der Waals surface area contributed by atoms with Crippen LogP contribution in [-0.4, -0.2) is 7.05 Å². The molecular weight excluding hydrogens is 162 g/mol. The third-order valence-electron chi connectivity index (χ3n) is 1.41. The maximum absolute atomic E-state index is 5.69. The van der Waals surface area contributed by atoms with Crippen molar-refractivity contribution in [1.82, 2.24) is 5.32 Å². The maximum atomic E-state index is 5.69. The molecule has 2 nitrogen and oxygen atoms in total. The number of terminal acetylenes is 1. The molecule has 0 bridgehead atoms. The molecule has 58 valence electrons. The molecule has 0 saturated heterocycles. The van der Waals surface area contributed by atoms with Gasteiger partial charge < -0.3 is 9.73 Å². The summed E-state index contributed by atoms with van der Waals surface area (Å²) in [5.41, 5.74) is 0.802. The summed E-state index contributed by atoms with van der Waals surface area (Å²) in [5.74, 6) is 2.54. The van der Waals surface area contributed by atoms with Crippen LogP contribution in [0.2, 0.25) is 5.22 Å². The molecule has 0 amide bonds. The van der Waals surface area contributed by atoms with Crippen molar-refractivity contribution in [3.63, 3.8) is 0 Å². The first-order valence-corrected chi connectivity index (χ1v) is 3.53. The van der Waals surface area contributed by atoms with E-state index in [9.17, 15) is 0 Å². The van der Waals surface area contributed by atoms with Crippen LogP contribution < -0.4 is 5.32 Å². The summed E-state index contributed by atoms with van der Waals surface area (Å²) in [6.07, 6.45) is 6.74. The van der Waals surface area contributed by atoms with Gasteiger partial charge in [0.2, 0.25) is 0 Å². The molecule has 1 unspecified atom stereocenters. The second-order valence-corrected chi connectivity index (χ2v) is 2.38. The minimum Gasteiger partial charge on any atom is -0.453 e. The van der Waals surface area contributed by atoms with Crippen LogP contribution in [0.5, 0.6) is 0 Å². The molecule has 1 aromatic heterocycles. The number of hydrogen-bond donors (Lipinski definition) is 1. The molecular formula is C8H8ClNO. The maximum Gasteiger partial charge on any atom is 0.198 e. The average molecular weight is 170 g/mol. The van der Waals surface area contributed by atoms with Crippen LogP contribution >= 0.6 is 11.6 Å². The zero-order valence-electron chi connectivity index (χ0n) is 6.10. The Labute approximate surface area is 70.5 Å². The molecule has 0 aliphatic heterocycles. The summed E-state index contributed by atoms with van der Waals surface area (Å²) in [6, 6.07) is 1.59. The lowest BCUT2D eigenvalue weighted by Gasteiger charge is -2.05. The molecule has 0 spiro atoms. The van der Waals surface area contributed by atoms with E-state index in [2.05, 4.69) is 11.2 Å². The number of halogens is 1. The lowest BCUT2D eigenvalue weighted by molar-refractivity contribution is 0.562. The Morgan fingerprint density at radius 1 is 1.82 bits per heavy atom. The summed E-state index contributed by atoms with van der Waals surface area (Å²) in [5, 5.41) is 3.26. The molecule has 0 aromatic carbocycles. The summed E-state index contributed by atoms with van der Waals surface area (Å²) < 4.78 is 4.88. The first-order valence-electron chi connectivity index (χ1n) is 3.16. The molecule has 1 atom stereocenters. The Kier molecular flexibility index (Phi) is 2.58. The van der Waals surface area contributed by atoms with E-state index in [1.807, 2.05) is 0 Å². The lowest BCUT2D eigenvalue weighted by Crippen LogP contribution is -2.13.